The maximum absolute atomic E-state index is 14.8. The predicted octanol–water partition coefficient (Wildman–Crippen LogP) is 4.64. The lowest BCUT2D eigenvalue weighted by Gasteiger charge is -2.33. The van der Waals surface area contributed by atoms with Gasteiger partial charge in [-0.15, -0.1) is 0 Å². The fraction of sp³-hybridized carbons (Fsp3) is 0.407. The maximum Gasteiger partial charge on any atom is 0.229 e. The molecule has 188 valence electrons. The lowest BCUT2D eigenvalue weighted by molar-refractivity contribution is 0.132. The number of rotatable bonds is 7. The van der Waals surface area contributed by atoms with Gasteiger partial charge in [-0.05, 0) is 43.1 Å². The Morgan fingerprint density at radius 3 is 2.47 bits per heavy atom. The average Bonchev–Trinajstić information content (AvgIpc) is 3.32. The Morgan fingerprint density at radius 1 is 1.00 bits per heavy atom. The quantitative estimate of drug-likeness (QED) is 0.406. The first-order chi connectivity index (χ1) is 17.4. The molecule has 0 aromatic carbocycles. The van der Waals surface area contributed by atoms with Crippen LogP contribution in [-0.2, 0) is 6.54 Å². The summed E-state index contributed by atoms with van der Waals surface area (Å²) in [5, 5.41) is 7.61. The van der Waals surface area contributed by atoms with Crippen LogP contribution in [0.5, 0.6) is 0 Å². The van der Waals surface area contributed by atoms with Crippen molar-refractivity contribution in [3.8, 4) is 11.3 Å². The Hall–Kier alpha value is -3.43. The van der Waals surface area contributed by atoms with E-state index >= 15 is 0 Å². The number of hydrogen-bond acceptors (Lipinski definition) is 7. The van der Waals surface area contributed by atoms with Crippen LogP contribution >= 0.6 is 0 Å². The van der Waals surface area contributed by atoms with Gasteiger partial charge in [0.25, 0.3) is 0 Å². The molecule has 4 aromatic heterocycles. The highest BCUT2D eigenvalue weighted by atomic mass is 19.1. The molecule has 5 rings (SSSR count). The minimum Gasteiger partial charge on any atom is -0.309 e. The van der Waals surface area contributed by atoms with Gasteiger partial charge >= 0.3 is 0 Å². The highest BCUT2D eigenvalue weighted by Gasteiger charge is 2.17. The molecule has 1 saturated heterocycles. The first-order valence-corrected chi connectivity index (χ1v) is 12.6. The van der Waals surface area contributed by atoms with Crippen LogP contribution in [0, 0.1) is 12.7 Å². The third-order valence-electron chi connectivity index (χ3n) is 6.85. The van der Waals surface area contributed by atoms with Crippen LogP contribution in [0.15, 0.2) is 42.9 Å². The summed E-state index contributed by atoms with van der Waals surface area (Å²) in [4.78, 5) is 18.1. The summed E-state index contributed by atoms with van der Waals surface area (Å²) in [5.74, 6) is 0.759. The van der Waals surface area contributed by atoms with Gasteiger partial charge in [-0.1, -0.05) is 26.8 Å². The number of halogens is 1. The molecule has 1 aliphatic rings. The van der Waals surface area contributed by atoms with Gasteiger partial charge in [0, 0.05) is 55.7 Å². The molecular weight excluding hydrogens is 455 g/mol. The summed E-state index contributed by atoms with van der Waals surface area (Å²) in [5.41, 5.74) is 5.09. The molecule has 8 nitrogen and oxygen atoms in total. The third-order valence-corrected chi connectivity index (χ3v) is 6.85. The summed E-state index contributed by atoms with van der Waals surface area (Å²) < 4.78 is 16.7. The van der Waals surface area contributed by atoms with Gasteiger partial charge in [0.1, 0.15) is 11.5 Å². The molecule has 0 spiro atoms. The molecule has 0 aliphatic carbocycles. The van der Waals surface area contributed by atoms with Crippen molar-refractivity contribution in [2.75, 3.05) is 38.0 Å². The van der Waals surface area contributed by atoms with Crippen molar-refractivity contribution in [1.29, 1.82) is 0 Å². The molecule has 0 saturated carbocycles. The second-order valence-corrected chi connectivity index (χ2v) is 9.71. The van der Waals surface area contributed by atoms with Crippen LogP contribution in [0.1, 0.15) is 43.5 Å². The zero-order valence-electron chi connectivity index (χ0n) is 21.4. The van der Waals surface area contributed by atoms with E-state index in [1.54, 1.807) is 0 Å². The van der Waals surface area contributed by atoms with E-state index in [2.05, 4.69) is 62.0 Å². The topological polar surface area (TPSA) is 74.5 Å². The van der Waals surface area contributed by atoms with Crippen molar-refractivity contribution in [2.24, 2.45) is 0 Å². The Labute approximate surface area is 211 Å². The Balaban J connectivity index is 1.33. The zero-order valence-corrected chi connectivity index (χ0v) is 21.4. The number of piperazine rings is 1. The Bertz CT molecular complexity index is 1340. The molecule has 5 heterocycles. The normalized spacial score (nSPS) is 15.2. The molecule has 9 heteroatoms. The predicted molar refractivity (Wildman–Crippen MR) is 140 cm³/mol. The summed E-state index contributed by atoms with van der Waals surface area (Å²) in [6.45, 7) is 14.8. The molecule has 1 aliphatic heterocycles. The Morgan fingerprint density at radius 2 is 1.78 bits per heavy atom. The van der Waals surface area contributed by atoms with E-state index in [9.17, 15) is 4.39 Å². The number of fused-ring (bicyclic) bond motifs is 1. The van der Waals surface area contributed by atoms with Gasteiger partial charge in [-0.25, -0.2) is 23.9 Å². The van der Waals surface area contributed by atoms with Crippen molar-refractivity contribution in [3.63, 3.8) is 0 Å². The number of pyridine rings is 2. The molecule has 4 aromatic rings. The number of aryl methyl sites for hydroxylation is 1. The lowest BCUT2D eigenvalue weighted by atomic mass is 10.0. The second kappa shape index (κ2) is 10.3. The van der Waals surface area contributed by atoms with Gasteiger partial charge in [0.2, 0.25) is 5.95 Å². The number of hydrogen-bond donors (Lipinski definition) is 1. The largest absolute Gasteiger partial charge is 0.309 e. The molecule has 0 radical (unpaired) electrons. The van der Waals surface area contributed by atoms with E-state index in [4.69, 9.17) is 0 Å². The van der Waals surface area contributed by atoms with Gasteiger partial charge in [-0.3, -0.25) is 4.90 Å². The van der Waals surface area contributed by atoms with Crippen molar-refractivity contribution in [2.45, 2.75) is 40.2 Å². The molecule has 1 N–H and O–H groups in total. The van der Waals surface area contributed by atoms with Crippen LogP contribution in [0.2, 0.25) is 0 Å². The summed E-state index contributed by atoms with van der Waals surface area (Å²) in [7, 11) is 0. The van der Waals surface area contributed by atoms with Gasteiger partial charge in [0.05, 0.1) is 17.9 Å². The maximum atomic E-state index is 14.8. The van der Waals surface area contributed by atoms with Gasteiger partial charge in [0.15, 0.2) is 5.82 Å². The highest BCUT2D eigenvalue weighted by Crippen LogP contribution is 2.28. The molecule has 0 unspecified atom stereocenters. The first kappa shape index (κ1) is 24.3. The lowest BCUT2D eigenvalue weighted by Crippen LogP contribution is -2.45. The fourth-order valence-corrected chi connectivity index (χ4v) is 4.71. The molecule has 0 bridgehead atoms. The Kier molecular flexibility index (Phi) is 6.93. The number of anilines is 2. The van der Waals surface area contributed by atoms with Gasteiger partial charge in [-0.2, -0.15) is 5.10 Å². The summed E-state index contributed by atoms with van der Waals surface area (Å²) >= 11 is 0. The molecule has 1 fully saturated rings. The fourth-order valence-electron chi connectivity index (χ4n) is 4.71. The second-order valence-electron chi connectivity index (χ2n) is 9.71. The number of nitrogens with zero attached hydrogens (tertiary/aromatic N) is 7. The van der Waals surface area contributed by atoms with Crippen LogP contribution in [-0.4, -0.2) is 67.1 Å². The van der Waals surface area contributed by atoms with Crippen LogP contribution in [0.3, 0.4) is 0 Å². The zero-order chi connectivity index (χ0) is 25.2. The standard InChI is InChI=1S/C27H33FN8/c1-5-34-8-10-35(11-9-34)17-20-6-7-25(29-14-20)32-27-30-16-23(28)26(33-27)21-12-19(4)36-24(13-21)22(15-31-36)18(2)3/h6-7,12-16,18H,5,8-11,17H2,1-4H3,(H,29,30,32,33). The molecule has 0 atom stereocenters. The number of likely N-dealkylation sites (N-methyl/N-ethyl adjacent to an activating group) is 1. The summed E-state index contributed by atoms with van der Waals surface area (Å²) in [6, 6.07) is 7.82. The van der Waals surface area contributed by atoms with E-state index < -0.39 is 5.82 Å². The first-order valence-electron chi connectivity index (χ1n) is 12.6. The van der Waals surface area contributed by atoms with E-state index in [1.807, 2.05) is 42.0 Å². The SMILES string of the molecule is CCN1CCN(Cc2ccc(Nc3ncc(F)c(-c4cc(C)n5ncc(C(C)C)c5c4)n3)nc2)CC1. The minimum atomic E-state index is -0.471. The van der Waals surface area contributed by atoms with Crippen LogP contribution in [0.25, 0.3) is 16.8 Å². The molecule has 0 amide bonds. The highest BCUT2D eigenvalue weighted by molar-refractivity contribution is 5.70. The molecular formula is C27H33FN8. The van der Waals surface area contributed by atoms with E-state index in [0.29, 0.717) is 23.2 Å². The average molecular weight is 489 g/mol. The summed E-state index contributed by atoms with van der Waals surface area (Å²) in [6.07, 6.45) is 4.96. The van der Waals surface area contributed by atoms with E-state index in [-0.39, 0.29) is 5.69 Å². The number of aromatic nitrogens is 5. The van der Waals surface area contributed by atoms with Crippen molar-refractivity contribution in [3.05, 3.63) is 65.5 Å². The van der Waals surface area contributed by atoms with Crippen molar-refractivity contribution < 1.29 is 4.39 Å². The van der Waals surface area contributed by atoms with E-state index in [1.165, 1.54) is 6.20 Å². The monoisotopic (exact) mass is 488 g/mol. The van der Waals surface area contributed by atoms with Crippen LogP contribution < -0.4 is 5.32 Å². The number of nitrogens with one attached hydrogen (secondary N) is 1. The van der Waals surface area contributed by atoms with Crippen molar-refractivity contribution >= 4 is 17.3 Å². The van der Waals surface area contributed by atoms with Crippen LogP contribution in [0.4, 0.5) is 16.2 Å². The van der Waals surface area contributed by atoms with E-state index in [0.717, 1.165) is 61.6 Å². The smallest absolute Gasteiger partial charge is 0.229 e. The molecule has 36 heavy (non-hydrogen) atoms. The van der Waals surface area contributed by atoms with Crippen molar-refractivity contribution in [1.82, 2.24) is 34.4 Å². The van der Waals surface area contributed by atoms with Gasteiger partial charge < -0.3 is 10.2 Å². The third kappa shape index (κ3) is 5.08. The minimum absolute atomic E-state index is 0.247.